The number of benzene rings is 2. The largest absolute Gasteiger partial charge is 0.380 e. The minimum Gasteiger partial charge on any atom is -0.380 e. The maximum atomic E-state index is 12.9. The predicted molar refractivity (Wildman–Crippen MR) is 137 cm³/mol. The Bertz CT molecular complexity index is 1340. The Labute approximate surface area is 204 Å². The highest BCUT2D eigenvalue weighted by Gasteiger charge is 2.22. The van der Waals surface area contributed by atoms with E-state index < -0.39 is 15.9 Å². The summed E-state index contributed by atoms with van der Waals surface area (Å²) in [6.07, 6.45) is 3.04. The molecule has 9 heteroatoms. The second-order valence-electron chi connectivity index (χ2n) is 7.55. The first kappa shape index (κ1) is 25.8. The van der Waals surface area contributed by atoms with Crippen LogP contribution >= 0.6 is 11.3 Å². The van der Waals surface area contributed by atoms with E-state index in [9.17, 15) is 13.2 Å². The van der Waals surface area contributed by atoms with Crippen LogP contribution in [0.1, 0.15) is 22.8 Å². The van der Waals surface area contributed by atoms with Crippen LogP contribution in [0.4, 0.5) is 0 Å². The molecule has 0 aliphatic heterocycles. The molecule has 0 saturated carbocycles. The van der Waals surface area contributed by atoms with Gasteiger partial charge in [0.2, 0.25) is 10.0 Å². The molecule has 34 heavy (non-hydrogen) atoms. The number of fused-ring (bicyclic) bond motifs is 1. The van der Waals surface area contributed by atoms with Gasteiger partial charge in [0.15, 0.2) is 4.80 Å². The van der Waals surface area contributed by atoms with Crippen LogP contribution in [-0.2, 0) is 21.3 Å². The number of hydrogen-bond donors (Lipinski definition) is 0. The van der Waals surface area contributed by atoms with Gasteiger partial charge in [-0.2, -0.15) is 9.30 Å². The second-order valence-corrected chi connectivity index (χ2v) is 10.5. The second kappa shape index (κ2) is 11.5. The molecule has 0 aliphatic carbocycles. The van der Waals surface area contributed by atoms with Gasteiger partial charge >= 0.3 is 0 Å². The van der Waals surface area contributed by atoms with Gasteiger partial charge in [-0.05, 0) is 55.8 Å². The summed E-state index contributed by atoms with van der Waals surface area (Å²) in [5.74, 6) is -0.438. The van der Waals surface area contributed by atoms with Crippen LogP contribution in [0.2, 0.25) is 0 Å². The smallest absolute Gasteiger partial charge is 0.279 e. The molecule has 2 aromatic carbocycles. The minimum atomic E-state index is -3.73. The molecular weight excluding hydrogens is 470 g/mol. The molecule has 3 aromatic rings. The quantitative estimate of drug-likeness (QED) is 0.293. The number of thiazole rings is 1. The molecule has 0 radical (unpaired) electrons. The standard InChI is InChI=1S/C25H29N3O4S2/c1-5-14-27(15-6-2)34(30,31)21-11-9-20(10-12-21)24(29)26-25-28(16-17-32-7-3)22-13-8-19(4)18-23(22)33-25/h5-6,8-13,18H,1-2,7,14-17H2,3-4H3. The third kappa shape index (κ3) is 5.79. The molecule has 1 aromatic heterocycles. The summed E-state index contributed by atoms with van der Waals surface area (Å²) in [7, 11) is -3.73. The van der Waals surface area contributed by atoms with Crippen LogP contribution in [0.3, 0.4) is 0 Å². The summed E-state index contributed by atoms with van der Waals surface area (Å²) < 4.78 is 35.6. The third-order valence-corrected chi connectivity index (χ3v) is 7.99. The maximum Gasteiger partial charge on any atom is 0.279 e. The lowest BCUT2D eigenvalue weighted by molar-refractivity contribution is 0.0996. The molecule has 3 rings (SSSR count). The van der Waals surface area contributed by atoms with E-state index in [1.54, 1.807) is 0 Å². The number of aryl methyl sites for hydroxylation is 1. The van der Waals surface area contributed by atoms with Gasteiger partial charge in [0.25, 0.3) is 5.91 Å². The average molecular weight is 500 g/mol. The lowest BCUT2D eigenvalue weighted by Crippen LogP contribution is -2.31. The number of hydrogen-bond acceptors (Lipinski definition) is 5. The minimum absolute atomic E-state index is 0.0943. The first-order valence-corrected chi connectivity index (χ1v) is 13.2. The van der Waals surface area contributed by atoms with E-state index >= 15 is 0 Å². The normalized spacial score (nSPS) is 12.4. The van der Waals surface area contributed by atoms with Crippen molar-refractivity contribution in [3.63, 3.8) is 0 Å². The Morgan fingerprint density at radius 2 is 1.82 bits per heavy atom. The summed E-state index contributed by atoms with van der Waals surface area (Å²) in [6.45, 7) is 13.2. The molecule has 0 fully saturated rings. The number of ether oxygens (including phenoxy) is 1. The fraction of sp³-hybridized carbons (Fsp3) is 0.280. The predicted octanol–water partition coefficient (Wildman–Crippen LogP) is 4.15. The number of sulfonamides is 1. The van der Waals surface area contributed by atoms with Gasteiger partial charge in [0, 0.05) is 31.8 Å². The van der Waals surface area contributed by atoms with Crippen LogP contribution < -0.4 is 4.80 Å². The van der Waals surface area contributed by atoms with E-state index in [0.29, 0.717) is 30.1 Å². The number of carbonyl (C=O) groups excluding carboxylic acids is 1. The molecule has 0 unspecified atom stereocenters. The fourth-order valence-corrected chi connectivity index (χ4v) is 5.94. The number of carbonyl (C=O) groups is 1. The van der Waals surface area contributed by atoms with E-state index in [2.05, 4.69) is 24.2 Å². The molecule has 180 valence electrons. The Morgan fingerprint density at radius 3 is 2.44 bits per heavy atom. The van der Waals surface area contributed by atoms with Crippen molar-refractivity contribution in [1.29, 1.82) is 0 Å². The van der Waals surface area contributed by atoms with Crippen molar-refractivity contribution in [2.75, 3.05) is 26.3 Å². The number of amides is 1. The topological polar surface area (TPSA) is 81.0 Å². The molecule has 1 heterocycles. The summed E-state index contributed by atoms with van der Waals surface area (Å²) in [5, 5.41) is 0. The van der Waals surface area contributed by atoms with Gasteiger partial charge in [0.05, 0.1) is 21.7 Å². The number of nitrogens with zero attached hydrogens (tertiary/aromatic N) is 3. The molecule has 0 spiro atoms. The molecular formula is C25H29N3O4S2. The van der Waals surface area contributed by atoms with E-state index in [4.69, 9.17) is 4.74 Å². The van der Waals surface area contributed by atoms with Crippen molar-refractivity contribution in [2.45, 2.75) is 25.3 Å². The fourth-order valence-electron chi connectivity index (χ4n) is 3.41. The first-order chi connectivity index (χ1) is 16.3. The lowest BCUT2D eigenvalue weighted by atomic mass is 10.2. The lowest BCUT2D eigenvalue weighted by Gasteiger charge is -2.19. The molecule has 7 nitrogen and oxygen atoms in total. The van der Waals surface area contributed by atoms with E-state index in [0.717, 1.165) is 15.8 Å². The number of rotatable bonds is 11. The van der Waals surface area contributed by atoms with Crippen molar-refractivity contribution in [2.24, 2.45) is 4.99 Å². The van der Waals surface area contributed by atoms with Crippen LogP contribution in [0.25, 0.3) is 10.2 Å². The highest BCUT2D eigenvalue weighted by atomic mass is 32.2. The highest BCUT2D eigenvalue weighted by molar-refractivity contribution is 7.89. The van der Waals surface area contributed by atoms with Crippen molar-refractivity contribution >= 4 is 37.5 Å². The Balaban J connectivity index is 1.94. The Hall–Kier alpha value is -2.85. The summed E-state index contributed by atoms with van der Waals surface area (Å²) in [4.78, 5) is 18.0. The molecule has 0 atom stereocenters. The van der Waals surface area contributed by atoms with Gasteiger partial charge < -0.3 is 9.30 Å². The van der Waals surface area contributed by atoms with Crippen molar-refractivity contribution < 1.29 is 17.9 Å². The maximum absolute atomic E-state index is 12.9. The zero-order valence-electron chi connectivity index (χ0n) is 19.4. The molecule has 0 bridgehead atoms. The van der Waals surface area contributed by atoms with Gasteiger partial charge in [-0.15, -0.1) is 13.2 Å². The van der Waals surface area contributed by atoms with Crippen molar-refractivity contribution in [3.05, 3.63) is 83.7 Å². The van der Waals surface area contributed by atoms with E-state index in [1.165, 1.54) is 52.1 Å². The van der Waals surface area contributed by atoms with Crippen LogP contribution in [0, 0.1) is 6.92 Å². The van der Waals surface area contributed by atoms with Gasteiger partial charge in [-0.25, -0.2) is 8.42 Å². The molecule has 0 N–H and O–H groups in total. The van der Waals surface area contributed by atoms with E-state index in [-0.39, 0.29) is 18.0 Å². The third-order valence-electron chi connectivity index (χ3n) is 5.10. The molecule has 1 amide bonds. The van der Waals surface area contributed by atoms with E-state index in [1.807, 2.05) is 30.5 Å². The van der Waals surface area contributed by atoms with Gasteiger partial charge in [-0.1, -0.05) is 29.6 Å². The summed E-state index contributed by atoms with van der Waals surface area (Å²) >= 11 is 1.44. The van der Waals surface area contributed by atoms with Gasteiger partial charge in [-0.3, -0.25) is 4.79 Å². The zero-order chi connectivity index (χ0) is 24.7. The monoisotopic (exact) mass is 499 g/mol. The summed E-state index contributed by atoms with van der Waals surface area (Å²) in [5.41, 5.74) is 2.43. The average Bonchev–Trinajstić information content (AvgIpc) is 3.15. The van der Waals surface area contributed by atoms with Crippen LogP contribution in [0.15, 0.2) is 77.7 Å². The van der Waals surface area contributed by atoms with Crippen molar-refractivity contribution in [1.82, 2.24) is 8.87 Å². The van der Waals surface area contributed by atoms with Gasteiger partial charge in [0.1, 0.15) is 0 Å². The van der Waals surface area contributed by atoms with Crippen LogP contribution in [-0.4, -0.2) is 49.5 Å². The Kier molecular flexibility index (Phi) is 8.73. The molecule has 0 saturated heterocycles. The van der Waals surface area contributed by atoms with Crippen LogP contribution in [0.5, 0.6) is 0 Å². The SMILES string of the molecule is C=CCN(CC=C)S(=O)(=O)c1ccc(C(=O)N=c2sc3cc(C)ccc3n2CCOCC)cc1. The highest BCUT2D eigenvalue weighted by Crippen LogP contribution is 2.20. The first-order valence-electron chi connectivity index (χ1n) is 10.9. The van der Waals surface area contributed by atoms with Crippen molar-refractivity contribution in [3.8, 4) is 0 Å². The Morgan fingerprint density at radius 1 is 1.15 bits per heavy atom. The zero-order valence-corrected chi connectivity index (χ0v) is 21.1. The number of aromatic nitrogens is 1. The molecule has 0 aliphatic rings. The summed E-state index contributed by atoms with van der Waals surface area (Å²) in [6, 6.07) is 11.9.